The number of aromatic nitrogens is 3. The maximum Gasteiger partial charge on any atom is 0.346 e. The van der Waals surface area contributed by atoms with Gasteiger partial charge in [-0.05, 0) is 12.5 Å². The lowest BCUT2D eigenvalue weighted by Crippen LogP contribution is -2.44. The van der Waals surface area contributed by atoms with Gasteiger partial charge in [-0.1, -0.05) is 30.3 Å². The quantitative estimate of drug-likeness (QED) is 0.814. The first-order valence-electron chi connectivity index (χ1n) is 6.48. The molecule has 0 fully saturated rings. The first-order chi connectivity index (χ1) is 9.89. The Morgan fingerprint density at radius 1 is 1.24 bits per heavy atom. The zero-order valence-electron chi connectivity index (χ0n) is 12.2. The van der Waals surface area contributed by atoms with Gasteiger partial charge in [0.1, 0.15) is 0 Å². The van der Waals surface area contributed by atoms with Crippen LogP contribution >= 0.6 is 0 Å². The van der Waals surface area contributed by atoms with Gasteiger partial charge in [0, 0.05) is 14.1 Å². The lowest BCUT2D eigenvalue weighted by Gasteiger charge is -2.29. The smallest absolute Gasteiger partial charge is 0.346 e. The van der Waals surface area contributed by atoms with Gasteiger partial charge in [0.25, 0.3) is 5.56 Å². The number of aliphatic hydroxyl groups is 1. The maximum absolute atomic E-state index is 12.1. The van der Waals surface area contributed by atoms with Gasteiger partial charge in [0.05, 0.1) is 12.1 Å². The normalized spacial score (nSPS) is 13.7. The molecule has 1 atom stereocenters. The van der Waals surface area contributed by atoms with Crippen LogP contribution in [0.1, 0.15) is 12.5 Å². The molecule has 0 saturated carbocycles. The SMILES string of the molecule is Cn1nc(NC(C)(CO)c2ccccc2)c(=O)n(C)c1=O. The molecule has 1 heterocycles. The highest BCUT2D eigenvalue weighted by Crippen LogP contribution is 2.23. The molecule has 7 nitrogen and oxygen atoms in total. The Balaban J connectivity index is 2.50. The van der Waals surface area contributed by atoms with Crippen LogP contribution in [-0.4, -0.2) is 26.1 Å². The van der Waals surface area contributed by atoms with E-state index in [-0.39, 0.29) is 12.4 Å². The zero-order chi connectivity index (χ0) is 15.6. The third-order valence-electron chi connectivity index (χ3n) is 3.44. The lowest BCUT2D eigenvalue weighted by molar-refractivity contribution is 0.223. The second kappa shape index (κ2) is 5.53. The Labute approximate surface area is 121 Å². The Kier molecular flexibility index (Phi) is 3.95. The van der Waals surface area contributed by atoms with Crippen LogP contribution in [0.3, 0.4) is 0 Å². The molecule has 0 aliphatic rings. The predicted octanol–water partition coefficient (Wildman–Crippen LogP) is -0.201. The summed E-state index contributed by atoms with van der Waals surface area (Å²) in [6.45, 7) is 1.53. The van der Waals surface area contributed by atoms with E-state index in [1.165, 1.54) is 14.1 Å². The van der Waals surface area contributed by atoms with Crippen molar-refractivity contribution in [2.45, 2.75) is 12.5 Å². The van der Waals surface area contributed by atoms with E-state index in [0.717, 1.165) is 14.8 Å². The summed E-state index contributed by atoms with van der Waals surface area (Å²) in [7, 11) is 2.85. The molecule has 0 saturated heterocycles. The van der Waals surface area contributed by atoms with Crippen molar-refractivity contribution in [3.63, 3.8) is 0 Å². The highest BCUT2D eigenvalue weighted by molar-refractivity contribution is 5.39. The third-order valence-corrected chi connectivity index (χ3v) is 3.44. The van der Waals surface area contributed by atoms with Gasteiger partial charge < -0.3 is 10.4 Å². The average Bonchev–Trinajstić information content (AvgIpc) is 2.51. The molecular formula is C14H18N4O3. The third kappa shape index (κ3) is 2.73. The number of rotatable bonds is 4. The molecule has 0 bridgehead atoms. The molecular weight excluding hydrogens is 272 g/mol. The second-order valence-electron chi connectivity index (χ2n) is 5.10. The molecule has 112 valence electrons. The summed E-state index contributed by atoms with van der Waals surface area (Å²) < 4.78 is 2.05. The molecule has 2 rings (SSSR count). The molecule has 1 unspecified atom stereocenters. The van der Waals surface area contributed by atoms with Crippen molar-refractivity contribution in [3.8, 4) is 0 Å². The summed E-state index contributed by atoms with van der Waals surface area (Å²) in [5.74, 6) is 0.0139. The monoisotopic (exact) mass is 290 g/mol. The Bertz CT molecular complexity index is 751. The van der Waals surface area contributed by atoms with E-state index in [0.29, 0.717) is 0 Å². The highest BCUT2D eigenvalue weighted by atomic mass is 16.3. The fraction of sp³-hybridized carbons (Fsp3) is 0.357. The fourth-order valence-corrected chi connectivity index (χ4v) is 2.05. The molecule has 2 N–H and O–H groups in total. The molecule has 1 aromatic carbocycles. The average molecular weight is 290 g/mol. The van der Waals surface area contributed by atoms with E-state index in [2.05, 4.69) is 10.4 Å². The van der Waals surface area contributed by atoms with Gasteiger partial charge in [-0.25, -0.2) is 9.48 Å². The number of aryl methyl sites for hydroxylation is 1. The first kappa shape index (κ1) is 15.0. The topological polar surface area (TPSA) is 89.2 Å². The molecule has 0 amide bonds. The number of anilines is 1. The van der Waals surface area contributed by atoms with Crippen molar-refractivity contribution < 1.29 is 5.11 Å². The van der Waals surface area contributed by atoms with Crippen LogP contribution in [0.2, 0.25) is 0 Å². The molecule has 0 spiro atoms. The first-order valence-corrected chi connectivity index (χ1v) is 6.48. The van der Waals surface area contributed by atoms with Crippen molar-refractivity contribution in [3.05, 3.63) is 56.7 Å². The number of benzene rings is 1. The van der Waals surface area contributed by atoms with Crippen LogP contribution in [0.25, 0.3) is 0 Å². The minimum absolute atomic E-state index is 0.0139. The van der Waals surface area contributed by atoms with E-state index in [1.54, 1.807) is 6.92 Å². The summed E-state index contributed by atoms with van der Waals surface area (Å²) in [4.78, 5) is 23.7. The Morgan fingerprint density at radius 3 is 2.43 bits per heavy atom. The second-order valence-corrected chi connectivity index (χ2v) is 5.10. The molecule has 0 aliphatic heterocycles. The standard InChI is InChI=1S/C14H18N4O3/c1-14(9-19,10-7-5-4-6-8-10)15-11-12(20)17(2)13(21)18(3)16-11/h4-8,19H,9H2,1-3H3,(H,15,16). The van der Waals surface area contributed by atoms with Crippen LogP contribution in [0, 0.1) is 0 Å². The summed E-state index contributed by atoms with van der Waals surface area (Å²) in [5, 5.41) is 16.6. The minimum Gasteiger partial charge on any atom is -0.394 e. The summed E-state index contributed by atoms with van der Waals surface area (Å²) in [5.41, 5.74) is -1.10. The fourth-order valence-electron chi connectivity index (χ4n) is 2.05. The van der Waals surface area contributed by atoms with Crippen molar-refractivity contribution in [1.82, 2.24) is 14.3 Å². The summed E-state index contributed by atoms with van der Waals surface area (Å²) in [6.07, 6.45) is 0. The predicted molar refractivity (Wildman–Crippen MR) is 79.2 cm³/mol. The van der Waals surface area contributed by atoms with Crippen molar-refractivity contribution >= 4 is 5.82 Å². The van der Waals surface area contributed by atoms with Crippen molar-refractivity contribution in [2.24, 2.45) is 14.1 Å². The molecule has 0 radical (unpaired) electrons. The molecule has 7 heteroatoms. The number of hydrogen-bond acceptors (Lipinski definition) is 5. The van der Waals surface area contributed by atoms with Crippen LogP contribution in [0.4, 0.5) is 5.82 Å². The van der Waals surface area contributed by atoms with Crippen molar-refractivity contribution in [2.75, 3.05) is 11.9 Å². The zero-order valence-corrected chi connectivity index (χ0v) is 12.2. The molecule has 1 aromatic heterocycles. The number of nitrogens with zero attached hydrogens (tertiary/aromatic N) is 3. The van der Waals surface area contributed by atoms with Gasteiger partial charge in [-0.3, -0.25) is 9.36 Å². The van der Waals surface area contributed by atoms with Crippen LogP contribution in [-0.2, 0) is 19.6 Å². The minimum atomic E-state index is -0.877. The van der Waals surface area contributed by atoms with Gasteiger partial charge >= 0.3 is 5.69 Å². The van der Waals surface area contributed by atoms with Gasteiger partial charge in [-0.2, -0.15) is 0 Å². The summed E-state index contributed by atoms with van der Waals surface area (Å²) >= 11 is 0. The lowest BCUT2D eigenvalue weighted by atomic mass is 9.93. The van der Waals surface area contributed by atoms with Crippen LogP contribution in [0.5, 0.6) is 0 Å². The molecule has 21 heavy (non-hydrogen) atoms. The maximum atomic E-state index is 12.1. The van der Waals surface area contributed by atoms with Gasteiger partial charge in [0.15, 0.2) is 0 Å². The number of nitrogens with one attached hydrogen (secondary N) is 1. The Morgan fingerprint density at radius 2 is 1.86 bits per heavy atom. The van der Waals surface area contributed by atoms with Crippen molar-refractivity contribution in [1.29, 1.82) is 0 Å². The van der Waals surface area contributed by atoms with E-state index in [9.17, 15) is 14.7 Å². The van der Waals surface area contributed by atoms with Crippen LogP contribution in [0.15, 0.2) is 39.9 Å². The van der Waals surface area contributed by atoms with Gasteiger partial charge in [-0.15, -0.1) is 5.10 Å². The number of hydrogen-bond donors (Lipinski definition) is 2. The van der Waals surface area contributed by atoms with E-state index in [1.807, 2.05) is 30.3 Å². The largest absolute Gasteiger partial charge is 0.394 e. The van der Waals surface area contributed by atoms with Gasteiger partial charge in [0.2, 0.25) is 5.82 Å². The summed E-state index contributed by atoms with van der Waals surface area (Å²) in [6, 6.07) is 9.24. The van der Waals surface area contributed by atoms with E-state index < -0.39 is 16.8 Å². The molecule has 2 aromatic rings. The van der Waals surface area contributed by atoms with E-state index in [4.69, 9.17) is 0 Å². The number of aliphatic hydroxyl groups excluding tert-OH is 1. The van der Waals surface area contributed by atoms with Crippen LogP contribution < -0.4 is 16.6 Å². The highest BCUT2D eigenvalue weighted by Gasteiger charge is 2.27. The Hall–Kier alpha value is -2.41. The molecule has 0 aliphatic carbocycles. The van der Waals surface area contributed by atoms with E-state index >= 15 is 0 Å².